The molecule has 0 aromatic heterocycles. The van der Waals surface area contributed by atoms with Crippen LogP contribution in [0.15, 0.2) is 0 Å². The molecule has 11 heteroatoms. The van der Waals surface area contributed by atoms with Gasteiger partial charge in [0.2, 0.25) is 16.6 Å². The normalized spacial score (nSPS) is 12.8. The zero-order chi connectivity index (χ0) is 23.8. The molecule has 0 aliphatic heterocycles. The van der Waals surface area contributed by atoms with E-state index in [0.717, 1.165) is 19.3 Å². The number of rotatable bonds is 21. The van der Waals surface area contributed by atoms with E-state index in [1.807, 2.05) is 0 Å². The Morgan fingerprint density at radius 2 is 1.03 bits per heavy atom. The van der Waals surface area contributed by atoms with Crippen LogP contribution in [0, 0.1) is 0 Å². The van der Waals surface area contributed by atoms with E-state index in [0.29, 0.717) is 12.8 Å². The Morgan fingerprint density at radius 1 is 0.697 bits per heavy atom. The van der Waals surface area contributed by atoms with Crippen LogP contribution in [-0.2, 0) is 24.5 Å². The van der Waals surface area contributed by atoms with Crippen molar-refractivity contribution in [3.63, 3.8) is 0 Å². The first kappa shape index (κ1) is 38.1. The Balaban J connectivity index is -0.00000450. The molecule has 2 amide bonds. The maximum Gasteiger partial charge on any atom is 0.287 e. The van der Waals surface area contributed by atoms with Gasteiger partial charge in [-0.05, 0) is 6.42 Å². The van der Waals surface area contributed by atoms with Crippen LogP contribution in [0.3, 0.4) is 0 Å². The summed E-state index contributed by atoms with van der Waals surface area (Å²) in [4.78, 5) is 35.2. The largest absolute Gasteiger partial charge is 0.370 e. The molecule has 184 valence electrons. The van der Waals surface area contributed by atoms with Crippen molar-refractivity contribution in [1.29, 1.82) is 0 Å². The monoisotopic (exact) mass is 508 g/mol. The summed E-state index contributed by atoms with van der Waals surface area (Å²) in [6, 6.07) is 0. The number of carbonyl (C=O) groups excluding carboxylic acids is 3. The fourth-order valence-corrected chi connectivity index (χ4v) is 4.76. The second kappa shape index (κ2) is 21.8. The van der Waals surface area contributed by atoms with Gasteiger partial charge in [-0.25, -0.2) is 0 Å². The van der Waals surface area contributed by atoms with Crippen molar-refractivity contribution in [2.45, 2.75) is 121 Å². The Bertz CT molecular complexity index is 661. The van der Waals surface area contributed by atoms with Gasteiger partial charge in [0.15, 0.2) is 5.78 Å². The minimum atomic E-state index is -5.22. The van der Waals surface area contributed by atoms with E-state index in [1.165, 1.54) is 64.2 Å². The molecule has 0 saturated heterocycles. The molecule has 0 spiro atoms. The van der Waals surface area contributed by atoms with Crippen LogP contribution < -0.4 is 11.5 Å². The smallest absolute Gasteiger partial charge is 0.287 e. The van der Waals surface area contributed by atoms with E-state index in [1.54, 1.807) is 0 Å². The summed E-state index contributed by atoms with van der Waals surface area (Å²) in [7, 11) is -5.22. The number of carbonyl (C=O) groups is 3. The Hall–Kier alpha value is 0.520. The molecular weight excluding hydrogens is 466 g/mol. The first-order valence-electron chi connectivity index (χ1n) is 11.7. The van der Waals surface area contributed by atoms with Crippen LogP contribution in [0.4, 0.5) is 0 Å². The Kier molecular flexibility index (Phi) is 25.1. The van der Waals surface area contributed by atoms with Crippen LogP contribution in [0.1, 0.15) is 116 Å². The molecule has 0 fully saturated rings. The number of hydrogen-bond donors (Lipinski definition) is 3. The predicted molar refractivity (Wildman–Crippen MR) is 133 cm³/mol. The Morgan fingerprint density at radius 3 is 1.30 bits per heavy atom. The number of ketones is 1. The molecule has 0 aliphatic rings. The average molecular weight is 509 g/mol. The summed E-state index contributed by atoms with van der Waals surface area (Å²) in [5, 5.41) is 0. The molecule has 1 atom stereocenters. The second-order valence-electron chi connectivity index (χ2n) is 8.43. The van der Waals surface area contributed by atoms with Gasteiger partial charge in [-0.1, -0.05) is 96.8 Å². The van der Waals surface area contributed by atoms with Gasteiger partial charge in [-0.15, -0.1) is 0 Å². The van der Waals surface area contributed by atoms with Crippen molar-refractivity contribution < 1.29 is 27.4 Å². The quantitative estimate of drug-likeness (QED) is 0.0936. The van der Waals surface area contributed by atoms with Crippen molar-refractivity contribution in [3.05, 3.63) is 0 Å². The third kappa shape index (κ3) is 16.0. The van der Waals surface area contributed by atoms with Crippen molar-refractivity contribution in [3.8, 4) is 0 Å². The van der Waals surface area contributed by atoms with Gasteiger partial charge in [0.25, 0.3) is 10.1 Å². The number of Topliss-reactive ketones (excluding diaryl/α,β-unsaturated/α-hetero) is 1. The standard InChI is InChI=1S/C22H42N2O6S.2Na/c1-2-3-4-5-6-7-8-9-10-11-12-13-14-15-16-17-19(25)22(21(24)27,18-20(23)26)31(28,29)30;;/h2-18H2,1H3,(H2,23,26)(H2,24,27)(H,28,29,30);;. The van der Waals surface area contributed by atoms with E-state index in [2.05, 4.69) is 6.92 Å². The van der Waals surface area contributed by atoms with Gasteiger partial charge in [0, 0.05) is 65.5 Å². The minimum absolute atomic E-state index is 0. The number of unbranched alkanes of at least 4 members (excludes halogenated alkanes) is 14. The summed E-state index contributed by atoms with van der Waals surface area (Å²) in [6.07, 6.45) is 15.6. The zero-order valence-corrected chi connectivity index (χ0v) is 25.9. The molecule has 33 heavy (non-hydrogen) atoms. The van der Waals surface area contributed by atoms with Gasteiger partial charge >= 0.3 is 0 Å². The van der Waals surface area contributed by atoms with Gasteiger partial charge in [-0.2, -0.15) is 8.42 Å². The van der Waals surface area contributed by atoms with Crippen LogP contribution >= 0.6 is 0 Å². The summed E-state index contributed by atoms with van der Waals surface area (Å²) in [5.41, 5.74) is 10.0. The maximum atomic E-state index is 12.4. The summed E-state index contributed by atoms with van der Waals surface area (Å²) in [6.45, 7) is 2.23. The first-order valence-corrected chi connectivity index (χ1v) is 13.1. The molecule has 0 aliphatic carbocycles. The summed E-state index contributed by atoms with van der Waals surface area (Å²) in [5.74, 6) is -3.88. The zero-order valence-electron chi connectivity index (χ0n) is 21.1. The first-order chi connectivity index (χ1) is 14.6. The number of amides is 2. The fourth-order valence-electron chi connectivity index (χ4n) is 3.79. The molecule has 8 nitrogen and oxygen atoms in total. The van der Waals surface area contributed by atoms with Crippen LogP contribution in [0.2, 0.25) is 0 Å². The molecule has 2 radical (unpaired) electrons. The number of nitrogens with two attached hydrogens (primary N) is 2. The molecule has 0 bridgehead atoms. The van der Waals surface area contributed by atoms with E-state index < -0.39 is 38.9 Å². The number of primary amides is 2. The van der Waals surface area contributed by atoms with Crippen LogP contribution in [0.25, 0.3) is 0 Å². The minimum Gasteiger partial charge on any atom is -0.370 e. The summed E-state index contributed by atoms with van der Waals surface area (Å²) < 4.78 is 29.7. The van der Waals surface area contributed by atoms with Crippen LogP contribution in [-0.4, -0.2) is 94.4 Å². The topological polar surface area (TPSA) is 158 Å². The van der Waals surface area contributed by atoms with Crippen molar-refractivity contribution >= 4 is 86.8 Å². The van der Waals surface area contributed by atoms with Gasteiger partial charge in [-0.3, -0.25) is 18.9 Å². The second-order valence-corrected chi connectivity index (χ2v) is 10.1. The van der Waals surface area contributed by atoms with E-state index in [-0.39, 0.29) is 65.5 Å². The SMILES string of the molecule is CCCCCCCCCCCCCCCCCC(=O)C(CC(N)=O)(C(N)=O)S(=O)(=O)O.[Na].[Na]. The van der Waals surface area contributed by atoms with E-state index in [4.69, 9.17) is 11.5 Å². The van der Waals surface area contributed by atoms with Crippen molar-refractivity contribution in [1.82, 2.24) is 0 Å². The molecule has 0 aromatic rings. The molecule has 0 rings (SSSR count). The predicted octanol–water partition coefficient (Wildman–Crippen LogP) is 3.04. The molecule has 5 N–H and O–H groups in total. The van der Waals surface area contributed by atoms with Crippen molar-refractivity contribution in [2.75, 3.05) is 0 Å². The van der Waals surface area contributed by atoms with E-state index in [9.17, 15) is 27.4 Å². The molecular formula is C22H42N2Na2O6S. The molecule has 1 unspecified atom stereocenters. The summed E-state index contributed by atoms with van der Waals surface area (Å²) >= 11 is 0. The fraction of sp³-hybridized carbons (Fsp3) is 0.864. The molecule has 0 heterocycles. The average Bonchev–Trinajstić information content (AvgIpc) is 2.67. The van der Waals surface area contributed by atoms with Crippen molar-refractivity contribution in [2.24, 2.45) is 11.5 Å². The van der Waals surface area contributed by atoms with Gasteiger partial charge in [0.1, 0.15) is 0 Å². The molecule has 0 aromatic carbocycles. The number of hydrogen-bond acceptors (Lipinski definition) is 5. The van der Waals surface area contributed by atoms with Crippen LogP contribution in [0.5, 0.6) is 0 Å². The Labute approximate surface area is 244 Å². The maximum absolute atomic E-state index is 12.4. The van der Waals surface area contributed by atoms with E-state index >= 15 is 0 Å². The molecule has 0 saturated carbocycles. The third-order valence-electron chi connectivity index (χ3n) is 5.72. The third-order valence-corrected chi connectivity index (χ3v) is 7.17. The van der Waals surface area contributed by atoms with Gasteiger partial charge < -0.3 is 11.5 Å². The van der Waals surface area contributed by atoms with Gasteiger partial charge in [0.05, 0.1) is 6.42 Å².